The number of benzene rings is 2. The molecule has 0 amide bonds. The normalized spacial score (nSPS) is 16.4. The minimum Gasteiger partial charge on any atom is -0.497 e. The molecular formula is C22H29N3O2S. The highest BCUT2D eigenvalue weighted by atomic mass is 32.1. The van der Waals surface area contributed by atoms with E-state index in [9.17, 15) is 0 Å². The zero-order valence-corrected chi connectivity index (χ0v) is 17.6. The molecular weight excluding hydrogens is 370 g/mol. The number of piperidine rings is 1. The highest BCUT2D eigenvalue weighted by Crippen LogP contribution is 2.29. The second-order valence-electron chi connectivity index (χ2n) is 7.23. The molecule has 0 radical (unpaired) electrons. The van der Waals surface area contributed by atoms with Crippen LogP contribution in [0.4, 0.5) is 11.4 Å². The van der Waals surface area contributed by atoms with E-state index >= 15 is 0 Å². The van der Waals surface area contributed by atoms with Gasteiger partial charge < -0.3 is 25.0 Å². The average Bonchev–Trinajstić information content (AvgIpc) is 2.73. The lowest BCUT2D eigenvalue weighted by Crippen LogP contribution is -2.34. The number of nitrogens with zero attached hydrogens (tertiary/aromatic N) is 1. The second kappa shape index (κ2) is 9.64. The van der Waals surface area contributed by atoms with Crippen molar-refractivity contribution in [2.75, 3.05) is 37.5 Å². The van der Waals surface area contributed by atoms with Crippen molar-refractivity contribution in [2.24, 2.45) is 5.92 Å². The number of rotatable bonds is 6. The van der Waals surface area contributed by atoms with Gasteiger partial charge in [-0.05, 0) is 60.8 Å². The molecule has 1 fully saturated rings. The van der Waals surface area contributed by atoms with Crippen molar-refractivity contribution in [1.82, 2.24) is 5.32 Å². The summed E-state index contributed by atoms with van der Waals surface area (Å²) >= 11 is 5.43. The van der Waals surface area contributed by atoms with Gasteiger partial charge in [0.15, 0.2) is 5.11 Å². The average molecular weight is 400 g/mol. The smallest absolute Gasteiger partial charge is 0.171 e. The first-order chi connectivity index (χ1) is 13.6. The van der Waals surface area contributed by atoms with Crippen LogP contribution in [0.1, 0.15) is 25.3 Å². The third kappa shape index (κ3) is 5.29. The Morgan fingerprint density at radius 2 is 1.93 bits per heavy atom. The fraction of sp³-hybridized carbons (Fsp3) is 0.409. The number of thiocarbonyl (C=S) groups is 1. The number of nitrogens with one attached hydrogen (secondary N) is 2. The Labute approximate surface area is 173 Å². The van der Waals surface area contributed by atoms with Gasteiger partial charge in [-0.1, -0.05) is 19.1 Å². The van der Waals surface area contributed by atoms with Crippen LogP contribution in [0.2, 0.25) is 0 Å². The summed E-state index contributed by atoms with van der Waals surface area (Å²) in [5, 5.41) is 6.99. The van der Waals surface area contributed by atoms with Gasteiger partial charge in [0.05, 0.1) is 19.9 Å². The predicted octanol–water partition coefficient (Wildman–Crippen LogP) is 4.43. The SMILES string of the molecule is COc1ccc(NC(=S)NCc2ccc(N3CCC[C@H](C)C3)cc2)c(OC)c1. The van der Waals surface area contributed by atoms with Gasteiger partial charge in [-0.25, -0.2) is 0 Å². The van der Waals surface area contributed by atoms with Gasteiger partial charge in [-0.15, -0.1) is 0 Å². The molecule has 1 atom stereocenters. The van der Waals surface area contributed by atoms with Crippen LogP contribution in [-0.4, -0.2) is 32.4 Å². The molecule has 0 unspecified atom stereocenters. The van der Waals surface area contributed by atoms with Crippen LogP contribution in [0.25, 0.3) is 0 Å². The van der Waals surface area contributed by atoms with Crippen LogP contribution in [0.15, 0.2) is 42.5 Å². The maximum Gasteiger partial charge on any atom is 0.171 e. The lowest BCUT2D eigenvalue weighted by molar-refractivity contribution is 0.395. The molecule has 1 heterocycles. The summed E-state index contributed by atoms with van der Waals surface area (Å²) < 4.78 is 10.6. The largest absolute Gasteiger partial charge is 0.497 e. The Morgan fingerprint density at radius 3 is 2.61 bits per heavy atom. The number of hydrogen-bond acceptors (Lipinski definition) is 4. The first-order valence-corrected chi connectivity index (χ1v) is 10.1. The van der Waals surface area contributed by atoms with Crippen LogP contribution in [0.5, 0.6) is 11.5 Å². The molecule has 28 heavy (non-hydrogen) atoms. The summed E-state index contributed by atoms with van der Waals surface area (Å²) in [4.78, 5) is 2.48. The molecule has 0 saturated carbocycles. The molecule has 0 bridgehead atoms. The number of methoxy groups -OCH3 is 2. The lowest BCUT2D eigenvalue weighted by atomic mass is 9.99. The highest BCUT2D eigenvalue weighted by molar-refractivity contribution is 7.80. The first kappa shape index (κ1) is 20.3. The van der Waals surface area contributed by atoms with E-state index in [4.69, 9.17) is 21.7 Å². The highest BCUT2D eigenvalue weighted by Gasteiger charge is 2.16. The van der Waals surface area contributed by atoms with Crippen LogP contribution in [0, 0.1) is 5.92 Å². The molecule has 1 saturated heterocycles. The Kier molecular flexibility index (Phi) is 6.98. The topological polar surface area (TPSA) is 45.8 Å². The Morgan fingerprint density at radius 1 is 1.14 bits per heavy atom. The molecule has 2 aromatic rings. The van der Waals surface area contributed by atoms with Gasteiger partial charge in [-0.2, -0.15) is 0 Å². The minimum atomic E-state index is 0.553. The van der Waals surface area contributed by atoms with E-state index in [1.54, 1.807) is 14.2 Å². The van der Waals surface area contributed by atoms with E-state index in [1.807, 2.05) is 18.2 Å². The molecule has 2 N–H and O–H groups in total. The zero-order valence-electron chi connectivity index (χ0n) is 16.8. The standard InChI is InChI=1S/C22H29N3O2S/c1-16-5-4-12-25(15-16)18-8-6-17(7-9-18)14-23-22(28)24-20-11-10-19(26-2)13-21(20)27-3/h6-11,13,16H,4-5,12,14-15H2,1-3H3,(H2,23,24,28)/t16-/m0/s1. The quantitative estimate of drug-likeness (QED) is 0.701. The summed E-state index contributed by atoms with van der Waals surface area (Å²) in [6.07, 6.45) is 2.61. The van der Waals surface area contributed by atoms with Crippen LogP contribution in [-0.2, 0) is 6.54 Å². The van der Waals surface area contributed by atoms with Crippen LogP contribution >= 0.6 is 12.2 Å². The number of ether oxygens (including phenoxy) is 2. The van der Waals surface area contributed by atoms with E-state index in [1.165, 1.54) is 24.1 Å². The van der Waals surface area contributed by atoms with E-state index < -0.39 is 0 Å². The summed E-state index contributed by atoms with van der Waals surface area (Å²) in [6, 6.07) is 14.3. The fourth-order valence-corrected chi connectivity index (χ4v) is 3.68. The van der Waals surface area contributed by atoms with E-state index in [0.29, 0.717) is 17.4 Å². The van der Waals surface area contributed by atoms with Gasteiger partial charge in [0.25, 0.3) is 0 Å². The Hall–Kier alpha value is -2.47. The van der Waals surface area contributed by atoms with Gasteiger partial charge in [-0.3, -0.25) is 0 Å². The van der Waals surface area contributed by atoms with Crippen molar-refractivity contribution >= 4 is 28.7 Å². The molecule has 1 aliphatic heterocycles. The Balaban J connectivity index is 1.53. The van der Waals surface area contributed by atoms with E-state index in [-0.39, 0.29) is 0 Å². The minimum absolute atomic E-state index is 0.553. The summed E-state index contributed by atoms with van der Waals surface area (Å²) in [7, 11) is 3.26. The van der Waals surface area contributed by atoms with Crippen molar-refractivity contribution in [3.63, 3.8) is 0 Å². The van der Waals surface area contributed by atoms with Crippen molar-refractivity contribution in [3.8, 4) is 11.5 Å². The third-order valence-corrected chi connectivity index (χ3v) is 5.31. The zero-order chi connectivity index (χ0) is 19.9. The first-order valence-electron chi connectivity index (χ1n) is 9.70. The monoisotopic (exact) mass is 399 g/mol. The molecule has 5 nitrogen and oxygen atoms in total. The predicted molar refractivity (Wildman–Crippen MR) is 120 cm³/mol. The fourth-order valence-electron chi connectivity index (χ4n) is 3.50. The van der Waals surface area contributed by atoms with Crippen molar-refractivity contribution in [1.29, 1.82) is 0 Å². The maximum atomic E-state index is 5.43. The van der Waals surface area contributed by atoms with E-state index in [0.717, 1.165) is 30.4 Å². The summed E-state index contributed by atoms with van der Waals surface area (Å²) in [6.45, 7) is 5.30. The molecule has 0 spiro atoms. The summed E-state index contributed by atoms with van der Waals surface area (Å²) in [5.74, 6) is 2.20. The van der Waals surface area contributed by atoms with Gasteiger partial charge in [0.1, 0.15) is 11.5 Å². The molecule has 6 heteroatoms. The molecule has 2 aromatic carbocycles. The number of anilines is 2. The molecule has 0 aromatic heterocycles. The van der Waals surface area contributed by atoms with Crippen molar-refractivity contribution < 1.29 is 9.47 Å². The van der Waals surface area contributed by atoms with E-state index in [2.05, 4.69) is 46.7 Å². The lowest BCUT2D eigenvalue weighted by Gasteiger charge is -2.32. The van der Waals surface area contributed by atoms with Gasteiger partial charge in [0.2, 0.25) is 0 Å². The Bertz CT molecular complexity index is 795. The molecule has 150 valence electrons. The van der Waals surface area contributed by atoms with Crippen LogP contribution in [0.3, 0.4) is 0 Å². The van der Waals surface area contributed by atoms with Crippen molar-refractivity contribution in [3.05, 3.63) is 48.0 Å². The summed E-state index contributed by atoms with van der Waals surface area (Å²) in [5.41, 5.74) is 3.30. The molecule has 0 aliphatic carbocycles. The molecule has 3 rings (SSSR count). The van der Waals surface area contributed by atoms with Gasteiger partial charge in [0, 0.05) is 31.4 Å². The van der Waals surface area contributed by atoms with Crippen molar-refractivity contribution in [2.45, 2.75) is 26.3 Å². The third-order valence-electron chi connectivity index (χ3n) is 5.07. The maximum absolute atomic E-state index is 5.43. The molecule has 1 aliphatic rings. The second-order valence-corrected chi connectivity index (χ2v) is 7.64. The van der Waals surface area contributed by atoms with Crippen LogP contribution < -0.4 is 25.0 Å². The number of hydrogen-bond donors (Lipinski definition) is 2. The van der Waals surface area contributed by atoms with Gasteiger partial charge >= 0.3 is 0 Å².